The maximum absolute atomic E-state index is 13.6. The lowest BCUT2D eigenvalue weighted by Crippen LogP contribution is -2.65. The zero-order valence-electron chi connectivity index (χ0n) is 21.5. The molecule has 3 heterocycles. The van der Waals surface area contributed by atoms with Gasteiger partial charge in [-0.05, 0) is 30.7 Å². The molecule has 4 aliphatic rings. The number of hydrogen-bond acceptors (Lipinski definition) is 8. The first-order valence-corrected chi connectivity index (χ1v) is 14.7. The molecule has 0 bridgehead atoms. The Morgan fingerprint density at radius 2 is 1.69 bits per heavy atom. The Morgan fingerprint density at radius 1 is 1.08 bits per heavy atom. The van der Waals surface area contributed by atoms with E-state index in [1.807, 2.05) is 11.0 Å². The van der Waals surface area contributed by atoms with Crippen molar-refractivity contribution in [2.75, 3.05) is 57.5 Å². The summed E-state index contributed by atoms with van der Waals surface area (Å²) in [5.74, 6) is 0. The average Bonchev–Trinajstić information content (AvgIpc) is 2.81. The molecule has 0 aromatic heterocycles. The van der Waals surface area contributed by atoms with E-state index in [9.17, 15) is 26.7 Å². The molecule has 3 saturated heterocycles. The quantitative estimate of drug-likeness (QED) is 0.465. The number of sulfonamides is 1. The summed E-state index contributed by atoms with van der Waals surface area (Å²) in [6.45, 7) is 4.31. The Kier molecular flexibility index (Phi) is 7.96. The maximum atomic E-state index is 13.6. The monoisotopic (exact) mass is 587 g/mol. The van der Waals surface area contributed by atoms with Gasteiger partial charge in [0.2, 0.25) is 10.0 Å². The van der Waals surface area contributed by atoms with Crippen LogP contribution in [0.5, 0.6) is 0 Å². The van der Waals surface area contributed by atoms with Gasteiger partial charge < -0.3 is 19.5 Å². The number of ether oxygens (including phenoxy) is 2. The molecule has 0 saturated carbocycles. The van der Waals surface area contributed by atoms with Crippen LogP contribution in [0.25, 0.3) is 0 Å². The number of aliphatic hydroxyl groups is 1. The summed E-state index contributed by atoms with van der Waals surface area (Å²) in [6, 6.07) is 5.75. The van der Waals surface area contributed by atoms with Crippen LogP contribution in [-0.4, -0.2) is 105 Å². The van der Waals surface area contributed by atoms with Gasteiger partial charge in [0.15, 0.2) is 5.60 Å². The minimum Gasteiger partial charge on any atom is -0.378 e. The molecular weight excluding hydrogens is 555 g/mol. The van der Waals surface area contributed by atoms with Crippen LogP contribution >= 0.6 is 12.2 Å². The predicted molar refractivity (Wildman–Crippen MR) is 144 cm³/mol. The second-order valence-electron chi connectivity index (χ2n) is 10.5. The van der Waals surface area contributed by atoms with Crippen molar-refractivity contribution < 1.29 is 36.2 Å². The van der Waals surface area contributed by atoms with E-state index in [0.717, 1.165) is 6.92 Å². The van der Waals surface area contributed by atoms with Gasteiger partial charge in [-0.3, -0.25) is 4.90 Å². The molecule has 0 radical (unpaired) electrons. The van der Waals surface area contributed by atoms with Crippen molar-refractivity contribution in [1.29, 1.82) is 0 Å². The van der Waals surface area contributed by atoms with Crippen LogP contribution in [0.3, 0.4) is 0 Å². The van der Waals surface area contributed by atoms with E-state index < -0.39 is 21.8 Å². The van der Waals surface area contributed by atoms with Crippen molar-refractivity contribution in [3.63, 3.8) is 0 Å². The second kappa shape index (κ2) is 10.8. The van der Waals surface area contributed by atoms with E-state index in [1.54, 1.807) is 18.2 Å². The summed E-state index contributed by atoms with van der Waals surface area (Å²) >= 11 is 5.35. The largest absolute Gasteiger partial charge is 0.421 e. The number of hydrogen-bond donors (Lipinski definition) is 1. The normalized spacial score (nSPS) is 25.3. The summed E-state index contributed by atoms with van der Waals surface area (Å²) in [7, 11) is -3.83. The fourth-order valence-corrected chi connectivity index (χ4v) is 7.31. The number of thiocarbonyl (C=S) groups is 1. The number of piperazine rings is 1. The van der Waals surface area contributed by atoms with Gasteiger partial charge in [-0.25, -0.2) is 8.42 Å². The molecule has 0 unspecified atom stereocenters. The van der Waals surface area contributed by atoms with Gasteiger partial charge in [0.05, 0.1) is 49.5 Å². The molecule has 1 aliphatic carbocycles. The van der Waals surface area contributed by atoms with Crippen molar-refractivity contribution in [3.05, 3.63) is 53.0 Å². The van der Waals surface area contributed by atoms with Crippen LogP contribution in [0, 0.1) is 0 Å². The van der Waals surface area contributed by atoms with Crippen LogP contribution in [0.4, 0.5) is 18.9 Å². The van der Waals surface area contributed by atoms with Crippen molar-refractivity contribution in [2.45, 2.75) is 43.2 Å². The van der Waals surface area contributed by atoms with Crippen LogP contribution in [0.1, 0.15) is 18.9 Å². The summed E-state index contributed by atoms with van der Waals surface area (Å²) in [5, 5.41) is 10.1. The SMILES string of the molecule is C[C@@](O)(c1ccc(N2CCN(S(=O)(=O)C3=CC=CCC3=S)C[C@@H]2CN(C2COC2)C2COC2)cc1)C(F)(F)F. The Bertz CT molecular complexity index is 1230. The standard InChI is InChI=1S/C26H32F3N3O5S2/c1-25(33,26(27,28)29)18-6-8-19(9-7-18)31-11-10-30(39(34,35)24-5-3-2-4-23(24)38)12-20(31)13-32(21-14-36-15-21)22-16-37-17-22/h2-3,5-9,20-22,33H,4,10-17H2,1H3/t20-,25-/m1/s1. The highest BCUT2D eigenvalue weighted by Crippen LogP contribution is 2.39. The molecule has 214 valence electrons. The van der Waals surface area contributed by atoms with Gasteiger partial charge >= 0.3 is 6.18 Å². The van der Waals surface area contributed by atoms with E-state index in [-0.39, 0.29) is 41.7 Å². The van der Waals surface area contributed by atoms with Gasteiger partial charge in [0, 0.05) is 43.2 Å². The molecule has 0 amide bonds. The van der Waals surface area contributed by atoms with Crippen LogP contribution in [0.15, 0.2) is 47.4 Å². The third kappa shape index (κ3) is 5.54. The third-order valence-corrected chi connectivity index (χ3v) is 10.4. The lowest BCUT2D eigenvalue weighted by atomic mass is 9.95. The highest BCUT2D eigenvalue weighted by atomic mass is 32.2. The summed E-state index contributed by atoms with van der Waals surface area (Å²) in [6.07, 6.45) is 0.632. The molecule has 3 fully saturated rings. The highest BCUT2D eigenvalue weighted by Gasteiger charge is 2.51. The Hall–Kier alpha value is -1.87. The van der Waals surface area contributed by atoms with Gasteiger partial charge in [0.1, 0.15) is 0 Å². The van der Waals surface area contributed by atoms with E-state index in [0.29, 0.717) is 56.5 Å². The summed E-state index contributed by atoms with van der Waals surface area (Å²) < 4.78 is 79.7. The first-order chi connectivity index (χ1) is 18.4. The Morgan fingerprint density at radius 3 is 2.21 bits per heavy atom. The number of allylic oxidation sites excluding steroid dienone is 4. The molecular formula is C26H32F3N3O5S2. The average molecular weight is 588 g/mol. The van der Waals surface area contributed by atoms with Crippen LogP contribution in [0.2, 0.25) is 0 Å². The minimum absolute atomic E-state index is 0.141. The van der Waals surface area contributed by atoms with Crippen molar-refractivity contribution in [1.82, 2.24) is 9.21 Å². The van der Waals surface area contributed by atoms with Crippen molar-refractivity contribution >= 4 is 32.8 Å². The fourth-order valence-electron chi connectivity index (χ4n) is 5.24. The third-order valence-electron chi connectivity index (χ3n) is 7.94. The van der Waals surface area contributed by atoms with E-state index >= 15 is 0 Å². The van der Waals surface area contributed by atoms with Gasteiger partial charge in [-0.15, -0.1) is 0 Å². The lowest BCUT2D eigenvalue weighted by Gasteiger charge is -2.50. The minimum atomic E-state index is -4.82. The molecule has 1 aromatic carbocycles. The predicted octanol–water partition coefficient (Wildman–Crippen LogP) is 2.59. The number of nitrogens with zero attached hydrogens (tertiary/aromatic N) is 3. The smallest absolute Gasteiger partial charge is 0.378 e. The van der Waals surface area contributed by atoms with Crippen molar-refractivity contribution in [2.24, 2.45) is 0 Å². The molecule has 1 N–H and O–H groups in total. The summed E-state index contributed by atoms with van der Waals surface area (Å²) in [4.78, 5) is 4.86. The molecule has 1 aromatic rings. The number of rotatable bonds is 8. The van der Waals surface area contributed by atoms with Gasteiger partial charge in [-0.2, -0.15) is 17.5 Å². The molecule has 5 rings (SSSR count). The molecule has 13 heteroatoms. The first-order valence-electron chi connectivity index (χ1n) is 12.9. The number of anilines is 1. The first kappa shape index (κ1) is 28.7. The highest BCUT2D eigenvalue weighted by molar-refractivity contribution is 7.96. The topological polar surface area (TPSA) is 82.6 Å². The molecule has 3 aliphatic heterocycles. The Balaban J connectivity index is 1.43. The summed E-state index contributed by atoms with van der Waals surface area (Å²) in [5.41, 5.74) is -2.59. The number of halogens is 3. The van der Waals surface area contributed by atoms with Crippen LogP contribution in [-0.2, 0) is 25.1 Å². The van der Waals surface area contributed by atoms with Gasteiger partial charge in [-0.1, -0.05) is 36.5 Å². The zero-order chi connectivity index (χ0) is 28.0. The zero-order valence-corrected chi connectivity index (χ0v) is 23.1. The van der Waals surface area contributed by atoms with E-state index in [2.05, 4.69) is 4.90 Å². The Labute approximate surface area is 231 Å². The molecule has 39 heavy (non-hydrogen) atoms. The number of alkyl halides is 3. The van der Waals surface area contributed by atoms with E-state index in [4.69, 9.17) is 21.7 Å². The fraction of sp³-hybridized carbons (Fsp3) is 0.577. The number of benzene rings is 1. The molecule has 0 spiro atoms. The molecule has 8 nitrogen and oxygen atoms in total. The molecule has 2 atom stereocenters. The van der Waals surface area contributed by atoms with E-state index in [1.165, 1.54) is 22.5 Å². The van der Waals surface area contributed by atoms with Crippen molar-refractivity contribution in [3.8, 4) is 0 Å². The lowest BCUT2D eigenvalue weighted by molar-refractivity contribution is -0.258. The maximum Gasteiger partial charge on any atom is 0.421 e. The van der Waals surface area contributed by atoms with Crippen LogP contribution < -0.4 is 4.90 Å². The second-order valence-corrected chi connectivity index (χ2v) is 12.9. The van der Waals surface area contributed by atoms with Gasteiger partial charge in [0.25, 0.3) is 0 Å².